The summed E-state index contributed by atoms with van der Waals surface area (Å²) in [5, 5.41) is 0. The highest BCUT2D eigenvalue weighted by atomic mass is 16.5. The smallest absolute Gasteiger partial charge is 0.127 e. The molecule has 0 aliphatic carbocycles. The van der Waals surface area contributed by atoms with Crippen LogP contribution in [0.25, 0.3) is 0 Å². The van der Waals surface area contributed by atoms with Gasteiger partial charge in [0, 0.05) is 17.7 Å². The number of hydrogen-bond donors (Lipinski definition) is 1. The number of hydrogen-bond acceptors (Lipinski definition) is 4. The van der Waals surface area contributed by atoms with Gasteiger partial charge in [0.2, 0.25) is 0 Å². The fourth-order valence-electron chi connectivity index (χ4n) is 3.07. The maximum absolute atomic E-state index is 6.27. The van der Waals surface area contributed by atoms with Crippen molar-refractivity contribution in [2.45, 2.75) is 19.8 Å². The van der Waals surface area contributed by atoms with Gasteiger partial charge in [-0.05, 0) is 60.4 Å². The second-order valence-electron chi connectivity index (χ2n) is 6.34. The van der Waals surface area contributed by atoms with Gasteiger partial charge in [0.15, 0.2) is 0 Å². The van der Waals surface area contributed by atoms with Crippen LogP contribution >= 0.6 is 0 Å². The number of anilines is 1. The average Bonchev–Trinajstić information content (AvgIpc) is 2.65. The third-order valence-electron chi connectivity index (χ3n) is 4.47. The minimum absolute atomic E-state index is 0.601. The van der Waals surface area contributed by atoms with Crippen LogP contribution in [0.3, 0.4) is 0 Å². The van der Waals surface area contributed by atoms with Crippen molar-refractivity contribution in [3.63, 3.8) is 0 Å². The normalized spacial score (nSPS) is 10.6. The standard InChI is InChI=1S/C22H24N2O2/c1-15-12-18(13-16-4-8-19(25-2)9-5-16)21(22(23)24-15)14-17-6-10-20(26-3)11-7-17/h4-12H,13-14H2,1-3H3,(H2,23,24). The first-order valence-electron chi connectivity index (χ1n) is 8.59. The Balaban J connectivity index is 1.90. The van der Waals surface area contributed by atoms with E-state index in [2.05, 4.69) is 35.3 Å². The van der Waals surface area contributed by atoms with Gasteiger partial charge >= 0.3 is 0 Å². The molecular weight excluding hydrogens is 324 g/mol. The van der Waals surface area contributed by atoms with Crippen molar-refractivity contribution in [3.8, 4) is 11.5 Å². The Morgan fingerprint density at radius 1 is 0.808 bits per heavy atom. The van der Waals surface area contributed by atoms with Gasteiger partial charge in [-0.25, -0.2) is 4.98 Å². The number of pyridine rings is 1. The van der Waals surface area contributed by atoms with Gasteiger partial charge in [-0.1, -0.05) is 24.3 Å². The molecule has 2 N–H and O–H groups in total. The summed E-state index contributed by atoms with van der Waals surface area (Å²) in [7, 11) is 3.35. The number of methoxy groups -OCH3 is 2. The number of aromatic nitrogens is 1. The zero-order valence-electron chi connectivity index (χ0n) is 15.5. The first kappa shape index (κ1) is 17.8. The fraction of sp³-hybridized carbons (Fsp3) is 0.227. The molecule has 134 valence electrons. The molecule has 0 bridgehead atoms. The molecule has 0 atom stereocenters. The molecule has 4 nitrogen and oxygen atoms in total. The van der Waals surface area contributed by atoms with Crippen LogP contribution in [0.1, 0.15) is 27.9 Å². The number of ether oxygens (including phenoxy) is 2. The lowest BCUT2D eigenvalue weighted by Crippen LogP contribution is -2.06. The van der Waals surface area contributed by atoms with Crippen molar-refractivity contribution in [2.75, 3.05) is 20.0 Å². The monoisotopic (exact) mass is 348 g/mol. The van der Waals surface area contributed by atoms with E-state index >= 15 is 0 Å². The van der Waals surface area contributed by atoms with Crippen LogP contribution in [0.5, 0.6) is 11.5 Å². The SMILES string of the molecule is COc1ccc(Cc2cc(C)nc(N)c2Cc2ccc(OC)cc2)cc1. The second kappa shape index (κ2) is 7.91. The molecule has 0 fully saturated rings. The highest BCUT2D eigenvalue weighted by Gasteiger charge is 2.11. The molecule has 0 spiro atoms. The van der Waals surface area contributed by atoms with E-state index in [4.69, 9.17) is 15.2 Å². The molecule has 4 heteroatoms. The van der Waals surface area contributed by atoms with E-state index in [-0.39, 0.29) is 0 Å². The molecule has 3 aromatic rings. The summed E-state index contributed by atoms with van der Waals surface area (Å²) in [6.07, 6.45) is 1.55. The molecule has 0 aliphatic rings. The Kier molecular flexibility index (Phi) is 5.42. The highest BCUT2D eigenvalue weighted by molar-refractivity contribution is 5.50. The van der Waals surface area contributed by atoms with Crippen molar-refractivity contribution in [3.05, 3.63) is 82.5 Å². The Morgan fingerprint density at radius 2 is 1.31 bits per heavy atom. The maximum Gasteiger partial charge on any atom is 0.127 e. The quantitative estimate of drug-likeness (QED) is 0.726. The highest BCUT2D eigenvalue weighted by Crippen LogP contribution is 2.25. The van der Waals surface area contributed by atoms with E-state index in [9.17, 15) is 0 Å². The molecule has 0 radical (unpaired) electrons. The van der Waals surface area contributed by atoms with E-state index in [0.29, 0.717) is 5.82 Å². The number of nitrogens with zero attached hydrogens (tertiary/aromatic N) is 1. The zero-order chi connectivity index (χ0) is 18.5. The van der Waals surface area contributed by atoms with Crippen molar-refractivity contribution < 1.29 is 9.47 Å². The van der Waals surface area contributed by atoms with Crippen LogP contribution in [0, 0.1) is 6.92 Å². The third-order valence-corrected chi connectivity index (χ3v) is 4.47. The fourth-order valence-corrected chi connectivity index (χ4v) is 3.07. The van der Waals surface area contributed by atoms with E-state index in [1.54, 1.807) is 14.2 Å². The van der Waals surface area contributed by atoms with Crippen LogP contribution in [0.15, 0.2) is 54.6 Å². The van der Waals surface area contributed by atoms with Crippen LogP contribution in [-0.4, -0.2) is 19.2 Å². The molecule has 1 aromatic heterocycles. The zero-order valence-corrected chi connectivity index (χ0v) is 15.5. The van der Waals surface area contributed by atoms with Gasteiger partial charge in [-0.2, -0.15) is 0 Å². The summed E-state index contributed by atoms with van der Waals surface area (Å²) in [4.78, 5) is 4.47. The molecule has 26 heavy (non-hydrogen) atoms. The Bertz CT molecular complexity index is 872. The van der Waals surface area contributed by atoms with Gasteiger partial charge in [0.1, 0.15) is 17.3 Å². The lowest BCUT2D eigenvalue weighted by molar-refractivity contribution is 0.414. The maximum atomic E-state index is 6.27. The van der Waals surface area contributed by atoms with Crippen LogP contribution < -0.4 is 15.2 Å². The van der Waals surface area contributed by atoms with E-state index in [1.165, 1.54) is 16.7 Å². The lowest BCUT2D eigenvalue weighted by Gasteiger charge is -2.14. The number of nitrogen functional groups attached to an aromatic ring is 1. The van der Waals surface area contributed by atoms with Gasteiger partial charge < -0.3 is 15.2 Å². The van der Waals surface area contributed by atoms with Crippen molar-refractivity contribution in [1.29, 1.82) is 0 Å². The molecule has 0 saturated carbocycles. The summed E-state index contributed by atoms with van der Waals surface area (Å²) >= 11 is 0. The molecule has 3 rings (SSSR count). The van der Waals surface area contributed by atoms with E-state index in [1.807, 2.05) is 31.2 Å². The van der Waals surface area contributed by atoms with Crippen LogP contribution in [0.2, 0.25) is 0 Å². The van der Waals surface area contributed by atoms with Gasteiger partial charge in [0.05, 0.1) is 14.2 Å². The number of aryl methyl sites for hydroxylation is 1. The minimum atomic E-state index is 0.601. The first-order valence-corrected chi connectivity index (χ1v) is 8.59. The summed E-state index contributed by atoms with van der Waals surface area (Å²) < 4.78 is 10.5. The Hall–Kier alpha value is -3.01. The molecule has 0 amide bonds. The van der Waals surface area contributed by atoms with Crippen molar-refractivity contribution in [1.82, 2.24) is 4.98 Å². The molecule has 1 heterocycles. The third kappa shape index (κ3) is 4.14. The van der Waals surface area contributed by atoms with Crippen LogP contribution in [0.4, 0.5) is 5.82 Å². The molecule has 0 unspecified atom stereocenters. The summed E-state index contributed by atoms with van der Waals surface area (Å²) in [5.41, 5.74) is 11.9. The summed E-state index contributed by atoms with van der Waals surface area (Å²) in [5.74, 6) is 2.31. The van der Waals surface area contributed by atoms with Crippen molar-refractivity contribution >= 4 is 5.82 Å². The van der Waals surface area contributed by atoms with Crippen LogP contribution in [-0.2, 0) is 12.8 Å². The van der Waals surface area contributed by atoms with Gasteiger partial charge in [-0.3, -0.25) is 0 Å². The van der Waals surface area contributed by atoms with Crippen molar-refractivity contribution in [2.24, 2.45) is 0 Å². The second-order valence-corrected chi connectivity index (χ2v) is 6.34. The van der Waals surface area contributed by atoms with Gasteiger partial charge in [0.25, 0.3) is 0 Å². The number of benzene rings is 2. The average molecular weight is 348 g/mol. The van der Waals surface area contributed by atoms with Gasteiger partial charge in [-0.15, -0.1) is 0 Å². The summed E-state index contributed by atoms with van der Waals surface area (Å²) in [6.45, 7) is 1.98. The minimum Gasteiger partial charge on any atom is -0.497 e. The first-order chi connectivity index (χ1) is 12.6. The predicted octanol–water partition coefficient (Wildman–Crippen LogP) is 4.17. The Labute approximate surface area is 154 Å². The summed E-state index contributed by atoms with van der Waals surface area (Å²) in [6, 6.07) is 18.3. The predicted molar refractivity (Wildman–Crippen MR) is 105 cm³/mol. The number of nitrogens with two attached hydrogens (primary N) is 1. The molecule has 0 aliphatic heterocycles. The topological polar surface area (TPSA) is 57.4 Å². The largest absolute Gasteiger partial charge is 0.497 e. The molecular formula is C22H24N2O2. The van der Waals surface area contributed by atoms with E-state index < -0.39 is 0 Å². The molecule has 2 aromatic carbocycles. The van der Waals surface area contributed by atoms with E-state index in [0.717, 1.165) is 35.6 Å². The molecule has 0 saturated heterocycles. The Morgan fingerprint density at radius 3 is 1.81 bits per heavy atom. The number of rotatable bonds is 6. The lowest BCUT2D eigenvalue weighted by atomic mass is 9.95.